The maximum Gasteiger partial charge on any atom is 0.248 e. The average Bonchev–Trinajstić information content (AvgIpc) is 2.60. The van der Waals surface area contributed by atoms with E-state index in [9.17, 15) is 13.6 Å². The Hall–Kier alpha value is -1.45. The Morgan fingerprint density at radius 1 is 1.35 bits per heavy atom. The summed E-state index contributed by atoms with van der Waals surface area (Å²) in [6.07, 6.45) is -0.0285. The van der Waals surface area contributed by atoms with Crippen molar-refractivity contribution in [3.05, 3.63) is 35.9 Å². The molecule has 0 aromatic heterocycles. The SMILES string of the molecule is NC(=O)C(c1ccccc1)C1CCC(F)(F)C1. The van der Waals surface area contributed by atoms with E-state index in [0.29, 0.717) is 6.42 Å². The van der Waals surface area contributed by atoms with Crippen LogP contribution < -0.4 is 5.73 Å². The van der Waals surface area contributed by atoms with Crippen molar-refractivity contribution in [2.24, 2.45) is 11.7 Å². The highest BCUT2D eigenvalue weighted by molar-refractivity contribution is 5.82. The molecule has 4 heteroatoms. The molecule has 0 saturated heterocycles. The molecule has 2 unspecified atom stereocenters. The lowest BCUT2D eigenvalue weighted by Gasteiger charge is -2.20. The minimum absolute atomic E-state index is 0.145. The third kappa shape index (κ3) is 2.62. The van der Waals surface area contributed by atoms with E-state index in [1.807, 2.05) is 6.07 Å². The lowest BCUT2D eigenvalue weighted by molar-refractivity contribution is -0.120. The van der Waals surface area contributed by atoms with E-state index in [2.05, 4.69) is 0 Å². The molecule has 1 saturated carbocycles. The second kappa shape index (κ2) is 4.43. The first kappa shape index (κ1) is 12.0. The first-order valence-electron chi connectivity index (χ1n) is 5.72. The molecular weight excluding hydrogens is 224 g/mol. The molecule has 0 aliphatic heterocycles. The minimum Gasteiger partial charge on any atom is -0.369 e. The highest BCUT2D eigenvalue weighted by Crippen LogP contribution is 2.45. The van der Waals surface area contributed by atoms with Crippen molar-refractivity contribution < 1.29 is 13.6 Å². The van der Waals surface area contributed by atoms with Crippen molar-refractivity contribution in [3.8, 4) is 0 Å². The molecule has 2 atom stereocenters. The Morgan fingerprint density at radius 2 is 2.00 bits per heavy atom. The molecule has 1 aromatic carbocycles. The van der Waals surface area contributed by atoms with Crippen molar-refractivity contribution in [3.63, 3.8) is 0 Å². The number of amides is 1. The Kier molecular flexibility index (Phi) is 3.13. The van der Waals surface area contributed by atoms with Crippen LogP contribution in [0.25, 0.3) is 0 Å². The molecule has 1 fully saturated rings. The number of hydrogen-bond acceptors (Lipinski definition) is 1. The second-order valence-corrected chi connectivity index (χ2v) is 4.65. The van der Waals surface area contributed by atoms with Crippen LogP contribution in [0.15, 0.2) is 30.3 Å². The Balaban J connectivity index is 2.23. The minimum atomic E-state index is -2.65. The summed E-state index contributed by atoms with van der Waals surface area (Å²) < 4.78 is 26.4. The molecule has 1 aliphatic rings. The standard InChI is InChI=1S/C13H15F2NO/c14-13(15)7-6-10(8-13)11(12(16)17)9-4-2-1-3-5-9/h1-5,10-11H,6-8H2,(H2,16,17). The van der Waals surface area contributed by atoms with Crippen LogP contribution in [-0.4, -0.2) is 11.8 Å². The Morgan fingerprint density at radius 3 is 2.47 bits per heavy atom. The highest BCUT2D eigenvalue weighted by Gasteiger charge is 2.44. The number of nitrogens with two attached hydrogens (primary N) is 1. The summed E-state index contributed by atoms with van der Waals surface area (Å²) in [5.74, 6) is -4.10. The number of carbonyl (C=O) groups excluding carboxylic acids is 1. The number of rotatable bonds is 3. The molecule has 92 valence electrons. The van der Waals surface area contributed by atoms with Gasteiger partial charge in [-0.3, -0.25) is 4.79 Å². The third-order valence-electron chi connectivity index (χ3n) is 3.38. The van der Waals surface area contributed by atoms with Crippen LogP contribution in [0, 0.1) is 5.92 Å². The molecular formula is C13H15F2NO. The van der Waals surface area contributed by atoms with Crippen LogP contribution in [0.5, 0.6) is 0 Å². The topological polar surface area (TPSA) is 43.1 Å². The van der Waals surface area contributed by atoms with Crippen LogP contribution in [-0.2, 0) is 4.79 Å². The van der Waals surface area contributed by atoms with Gasteiger partial charge in [-0.25, -0.2) is 8.78 Å². The molecule has 1 aromatic rings. The fourth-order valence-electron chi connectivity index (χ4n) is 2.60. The van der Waals surface area contributed by atoms with Gasteiger partial charge in [-0.05, 0) is 17.9 Å². The van der Waals surface area contributed by atoms with Crippen LogP contribution >= 0.6 is 0 Å². The quantitative estimate of drug-likeness (QED) is 0.865. The number of halogens is 2. The van der Waals surface area contributed by atoms with Gasteiger partial charge in [0.1, 0.15) is 0 Å². The summed E-state index contributed by atoms with van der Waals surface area (Å²) in [5, 5.41) is 0. The molecule has 1 aliphatic carbocycles. The maximum atomic E-state index is 13.2. The fraction of sp³-hybridized carbons (Fsp3) is 0.462. The van der Waals surface area contributed by atoms with Crippen LogP contribution in [0.2, 0.25) is 0 Å². The second-order valence-electron chi connectivity index (χ2n) is 4.65. The monoisotopic (exact) mass is 239 g/mol. The van der Waals surface area contributed by atoms with Crippen molar-refractivity contribution in [1.29, 1.82) is 0 Å². The largest absolute Gasteiger partial charge is 0.369 e. The summed E-state index contributed by atoms with van der Waals surface area (Å²) >= 11 is 0. The molecule has 0 spiro atoms. The van der Waals surface area contributed by atoms with Gasteiger partial charge in [0, 0.05) is 12.8 Å². The van der Waals surface area contributed by atoms with Gasteiger partial charge in [0.15, 0.2) is 0 Å². The normalized spacial score (nSPS) is 24.5. The first-order valence-corrected chi connectivity index (χ1v) is 5.72. The number of benzene rings is 1. The number of primary amides is 1. The smallest absolute Gasteiger partial charge is 0.248 e. The molecule has 2 nitrogen and oxygen atoms in total. The van der Waals surface area contributed by atoms with Gasteiger partial charge in [0.2, 0.25) is 11.8 Å². The Bertz CT molecular complexity index is 405. The van der Waals surface area contributed by atoms with E-state index in [-0.39, 0.29) is 18.8 Å². The zero-order valence-corrected chi connectivity index (χ0v) is 9.40. The van der Waals surface area contributed by atoms with E-state index in [1.165, 1.54) is 0 Å². The summed E-state index contributed by atoms with van der Waals surface area (Å²) in [6, 6.07) is 8.94. The van der Waals surface area contributed by atoms with Crippen molar-refractivity contribution in [2.75, 3.05) is 0 Å². The van der Waals surface area contributed by atoms with Gasteiger partial charge in [0.05, 0.1) is 5.92 Å². The molecule has 1 amide bonds. The molecule has 2 rings (SSSR count). The van der Waals surface area contributed by atoms with Gasteiger partial charge in [0.25, 0.3) is 0 Å². The van der Waals surface area contributed by atoms with Crippen LogP contribution in [0.3, 0.4) is 0 Å². The van der Waals surface area contributed by atoms with Gasteiger partial charge in [-0.2, -0.15) is 0 Å². The predicted octanol–water partition coefficient (Wildman–Crippen LogP) is 2.69. The fourth-order valence-corrected chi connectivity index (χ4v) is 2.60. The summed E-state index contributed by atoms with van der Waals surface area (Å²) in [6.45, 7) is 0. The lowest BCUT2D eigenvalue weighted by Crippen LogP contribution is -2.27. The zero-order valence-electron chi connectivity index (χ0n) is 9.40. The summed E-state index contributed by atoms with van der Waals surface area (Å²) in [7, 11) is 0. The highest BCUT2D eigenvalue weighted by atomic mass is 19.3. The van der Waals surface area contributed by atoms with E-state index < -0.39 is 17.7 Å². The van der Waals surface area contributed by atoms with E-state index in [0.717, 1.165) is 5.56 Å². The maximum absolute atomic E-state index is 13.2. The molecule has 2 N–H and O–H groups in total. The average molecular weight is 239 g/mol. The zero-order chi connectivity index (χ0) is 12.5. The third-order valence-corrected chi connectivity index (χ3v) is 3.38. The predicted molar refractivity (Wildman–Crippen MR) is 60.7 cm³/mol. The number of carbonyl (C=O) groups is 1. The summed E-state index contributed by atoms with van der Waals surface area (Å²) in [4.78, 5) is 11.5. The van der Waals surface area contributed by atoms with E-state index >= 15 is 0 Å². The number of alkyl halides is 2. The van der Waals surface area contributed by atoms with Gasteiger partial charge in [-0.1, -0.05) is 30.3 Å². The van der Waals surface area contributed by atoms with Gasteiger partial charge in [-0.15, -0.1) is 0 Å². The molecule has 0 heterocycles. The van der Waals surface area contributed by atoms with Crippen molar-refractivity contribution in [1.82, 2.24) is 0 Å². The molecule has 0 bridgehead atoms. The molecule has 17 heavy (non-hydrogen) atoms. The van der Waals surface area contributed by atoms with Gasteiger partial charge < -0.3 is 5.73 Å². The van der Waals surface area contributed by atoms with Crippen LogP contribution in [0.4, 0.5) is 8.78 Å². The van der Waals surface area contributed by atoms with Crippen LogP contribution in [0.1, 0.15) is 30.7 Å². The Labute approximate surface area is 98.8 Å². The first-order chi connectivity index (χ1) is 7.99. The van der Waals surface area contributed by atoms with Crippen molar-refractivity contribution in [2.45, 2.75) is 31.1 Å². The number of hydrogen-bond donors (Lipinski definition) is 1. The lowest BCUT2D eigenvalue weighted by atomic mass is 9.84. The van der Waals surface area contributed by atoms with Gasteiger partial charge >= 0.3 is 0 Å². The van der Waals surface area contributed by atoms with E-state index in [4.69, 9.17) is 5.73 Å². The van der Waals surface area contributed by atoms with E-state index in [1.54, 1.807) is 24.3 Å². The summed E-state index contributed by atoms with van der Waals surface area (Å²) in [5.41, 5.74) is 6.09. The molecule has 0 radical (unpaired) electrons. The van der Waals surface area contributed by atoms with Crippen molar-refractivity contribution >= 4 is 5.91 Å².